The van der Waals surface area contributed by atoms with Crippen molar-refractivity contribution in [1.82, 2.24) is 10.3 Å². The first kappa shape index (κ1) is 19.1. The Morgan fingerprint density at radius 3 is 2.41 bits per heavy atom. The topological polar surface area (TPSA) is 55.5 Å². The molecule has 3 rings (SSSR count). The van der Waals surface area contributed by atoms with E-state index in [-0.39, 0.29) is 0 Å². The molecule has 0 saturated heterocycles. The lowest BCUT2D eigenvalue weighted by Gasteiger charge is -2.16. The Kier molecular flexibility index (Phi) is 6.24. The van der Waals surface area contributed by atoms with Gasteiger partial charge in [0.05, 0.1) is 21.3 Å². The van der Waals surface area contributed by atoms with Gasteiger partial charge in [0.2, 0.25) is 5.75 Å². The minimum Gasteiger partial charge on any atom is -0.493 e. The van der Waals surface area contributed by atoms with Gasteiger partial charge in [0, 0.05) is 29.2 Å². The molecule has 0 aliphatic heterocycles. The van der Waals surface area contributed by atoms with Crippen LogP contribution in [0.3, 0.4) is 0 Å². The highest BCUT2D eigenvalue weighted by molar-refractivity contribution is 5.86. The lowest BCUT2D eigenvalue weighted by Crippen LogP contribution is -2.17. The molecule has 0 radical (unpaired) electrons. The molecule has 0 aliphatic rings. The number of aromatic nitrogens is 1. The summed E-state index contributed by atoms with van der Waals surface area (Å²) in [5.74, 6) is 2.01. The smallest absolute Gasteiger partial charge is 0.203 e. The highest BCUT2D eigenvalue weighted by Crippen LogP contribution is 2.39. The molecule has 2 N–H and O–H groups in total. The van der Waals surface area contributed by atoms with Crippen molar-refractivity contribution < 1.29 is 14.2 Å². The van der Waals surface area contributed by atoms with E-state index in [2.05, 4.69) is 41.6 Å². The summed E-state index contributed by atoms with van der Waals surface area (Å²) >= 11 is 0. The standard InChI is InChI=1S/C22H28N2O3/c1-5-15-7-6-8-18-16(14-24-20(15)18)11-12-23-13-17-9-10-19(25-2)22(27-4)21(17)26-3/h6-10,14,23-24H,5,11-13H2,1-4H3. The van der Waals surface area contributed by atoms with Crippen LogP contribution in [-0.4, -0.2) is 32.9 Å². The van der Waals surface area contributed by atoms with Gasteiger partial charge in [-0.2, -0.15) is 0 Å². The van der Waals surface area contributed by atoms with E-state index < -0.39 is 0 Å². The summed E-state index contributed by atoms with van der Waals surface area (Å²) in [4.78, 5) is 3.43. The quantitative estimate of drug-likeness (QED) is 0.559. The van der Waals surface area contributed by atoms with E-state index in [0.29, 0.717) is 23.8 Å². The molecular formula is C22H28N2O3. The summed E-state index contributed by atoms with van der Waals surface area (Å²) in [6.45, 7) is 3.76. The van der Waals surface area contributed by atoms with Crippen molar-refractivity contribution in [1.29, 1.82) is 0 Å². The minimum absolute atomic E-state index is 0.628. The first-order chi connectivity index (χ1) is 13.2. The van der Waals surface area contributed by atoms with E-state index in [9.17, 15) is 0 Å². The SMILES string of the molecule is CCc1cccc2c(CCNCc3ccc(OC)c(OC)c3OC)c[nH]c12. The maximum Gasteiger partial charge on any atom is 0.203 e. The summed E-state index contributed by atoms with van der Waals surface area (Å²) in [5.41, 5.74) is 5.01. The van der Waals surface area contributed by atoms with Crippen molar-refractivity contribution in [3.8, 4) is 17.2 Å². The molecule has 0 atom stereocenters. The van der Waals surface area contributed by atoms with E-state index in [1.807, 2.05) is 12.1 Å². The highest BCUT2D eigenvalue weighted by Gasteiger charge is 2.15. The van der Waals surface area contributed by atoms with Crippen LogP contribution < -0.4 is 19.5 Å². The fraction of sp³-hybridized carbons (Fsp3) is 0.364. The van der Waals surface area contributed by atoms with Crippen molar-refractivity contribution in [2.24, 2.45) is 0 Å². The molecule has 0 saturated carbocycles. The average molecular weight is 368 g/mol. The van der Waals surface area contributed by atoms with Crippen LogP contribution in [0.25, 0.3) is 10.9 Å². The van der Waals surface area contributed by atoms with Gasteiger partial charge in [-0.1, -0.05) is 31.2 Å². The average Bonchev–Trinajstić information content (AvgIpc) is 3.13. The van der Waals surface area contributed by atoms with Crippen LogP contribution in [0.5, 0.6) is 17.2 Å². The Hall–Kier alpha value is -2.66. The van der Waals surface area contributed by atoms with Crippen LogP contribution >= 0.6 is 0 Å². The van der Waals surface area contributed by atoms with Gasteiger partial charge in [-0.3, -0.25) is 0 Å². The zero-order chi connectivity index (χ0) is 19.2. The van der Waals surface area contributed by atoms with Gasteiger partial charge in [0.1, 0.15) is 0 Å². The third-order valence-corrected chi connectivity index (χ3v) is 4.94. The fourth-order valence-corrected chi connectivity index (χ4v) is 3.53. The molecule has 0 spiro atoms. The molecule has 0 bridgehead atoms. The highest BCUT2D eigenvalue weighted by atomic mass is 16.5. The third-order valence-electron chi connectivity index (χ3n) is 4.94. The third kappa shape index (κ3) is 3.88. The largest absolute Gasteiger partial charge is 0.493 e. The number of nitrogens with one attached hydrogen (secondary N) is 2. The van der Waals surface area contributed by atoms with Gasteiger partial charge < -0.3 is 24.5 Å². The molecular weight excluding hydrogens is 340 g/mol. The Labute approximate surface area is 160 Å². The molecule has 3 aromatic rings. The summed E-state index contributed by atoms with van der Waals surface area (Å²) in [6, 6.07) is 10.4. The number of methoxy groups -OCH3 is 3. The Morgan fingerprint density at radius 1 is 0.889 bits per heavy atom. The van der Waals surface area contributed by atoms with Crippen LogP contribution in [0, 0.1) is 0 Å². The second kappa shape index (κ2) is 8.82. The summed E-state index contributed by atoms with van der Waals surface area (Å²) in [6.07, 6.45) is 4.12. The van der Waals surface area contributed by atoms with Crippen molar-refractivity contribution in [2.75, 3.05) is 27.9 Å². The molecule has 144 valence electrons. The zero-order valence-electron chi connectivity index (χ0n) is 16.5. The fourth-order valence-electron chi connectivity index (χ4n) is 3.53. The molecule has 27 heavy (non-hydrogen) atoms. The second-order valence-electron chi connectivity index (χ2n) is 6.43. The number of hydrogen-bond acceptors (Lipinski definition) is 4. The molecule has 0 fully saturated rings. The van der Waals surface area contributed by atoms with Crippen LogP contribution in [0.4, 0.5) is 0 Å². The van der Waals surface area contributed by atoms with Gasteiger partial charge in [0.25, 0.3) is 0 Å². The Balaban J connectivity index is 1.66. The predicted octanol–water partition coefficient (Wildman–Crippen LogP) is 4.09. The number of fused-ring (bicyclic) bond motifs is 1. The van der Waals surface area contributed by atoms with E-state index in [0.717, 1.165) is 24.9 Å². The molecule has 0 unspecified atom stereocenters. The number of H-pyrrole nitrogens is 1. The number of ether oxygens (including phenoxy) is 3. The predicted molar refractivity (Wildman–Crippen MR) is 109 cm³/mol. The first-order valence-electron chi connectivity index (χ1n) is 9.29. The van der Waals surface area contributed by atoms with E-state index in [4.69, 9.17) is 14.2 Å². The van der Waals surface area contributed by atoms with Crippen molar-refractivity contribution in [2.45, 2.75) is 26.3 Å². The number of para-hydroxylation sites is 1. The van der Waals surface area contributed by atoms with Crippen LogP contribution in [0.2, 0.25) is 0 Å². The molecule has 5 nitrogen and oxygen atoms in total. The molecule has 0 aliphatic carbocycles. The lowest BCUT2D eigenvalue weighted by atomic mass is 10.1. The van der Waals surface area contributed by atoms with Crippen molar-refractivity contribution >= 4 is 10.9 Å². The maximum absolute atomic E-state index is 5.55. The van der Waals surface area contributed by atoms with Crippen LogP contribution in [0.1, 0.15) is 23.6 Å². The van der Waals surface area contributed by atoms with E-state index >= 15 is 0 Å². The molecule has 2 aromatic carbocycles. The van der Waals surface area contributed by atoms with Crippen LogP contribution in [-0.2, 0) is 19.4 Å². The first-order valence-corrected chi connectivity index (χ1v) is 9.29. The molecule has 1 aromatic heterocycles. The number of hydrogen-bond donors (Lipinski definition) is 2. The molecule has 0 amide bonds. The summed E-state index contributed by atoms with van der Waals surface area (Å²) in [7, 11) is 4.90. The maximum atomic E-state index is 5.55. The van der Waals surface area contributed by atoms with Gasteiger partial charge >= 0.3 is 0 Å². The van der Waals surface area contributed by atoms with Gasteiger partial charge in [-0.05, 0) is 36.6 Å². The minimum atomic E-state index is 0.628. The number of aromatic amines is 1. The van der Waals surface area contributed by atoms with Gasteiger partial charge in [-0.25, -0.2) is 0 Å². The second-order valence-corrected chi connectivity index (χ2v) is 6.43. The summed E-state index contributed by atoms with van der Waals surface area (Å²) in [5, 5.41) is 4.83. The normalized spacial score (nSPS) is 11.0. The van der Waals surface area contributed by atoms with Crippen molar-refractivity contribution in [3.63, 3.8) is 0 Å². The number of aryl methyl sites for hydroxylation is 1. The van der Waals surface area contributed by atoms with E-state index in [1.54, 1.807) is 21.3 Å². The Morgan fingerprint density at radius 2 is 1.70 bits per heavy atom. The lowest BCUT2D eigenvalue weighted by molar-refractivity contribution is 0.321. The Bertz CT molecular complexity index is 902. The van der Waals surface area contributed by atoms with Crippen molar-refractivity contribution in [3.05, 3.63) is 53.2 Å². The zero-order valence-corrected chi connectivity index (χ0v) is 16.5. The summed E-state index contributed by atoms with van der Waals surface area (Å²) < 4.78 is 16.3. The van der Waals surface area contributed by atoms with Crippen LogP contribution in [0.15, 0.2) is 36.5 Å². The van der Waals surface area contributed by atoms with E-state index in [1.165, 1.54) is 22.0 Å². The monoisotopic (exact) mass is 368 g/mol. The van der Waals surface area contributed by atoms with Gasteiger partial charge in [0.15, 0.2) is 11.5 Å². The van der Waals surface area contributed by atoms with Gasteiger partial charge in [-0.15, -0.1) is 0 Å². The number of rotatable bonds is 9. The molecule has 5 heteroatoms. The number of benzene rings is 2. The molecule has 1 heterocycles.